The van der Waals surface area contributed by atoms with Crippen LogP contribution in [-0.2, 0) is 18.9 Å². The van der Waals surface area contributed by atoms with Gasteiger partial charge in [0.2, 0.25) is 6.29 Å². The quantitative estimate of drug-likeness (QED) is 0.0847. The first kappa shape index (κ1) is 31.9. The van der Waals surface area contributed by atoms with E-state index >= 15 is 0 Å². The van der Waals surface area contributed by atoms with Crippen LogP contribution < -0.4 is 34.0 Å². The minimum absolute atomic E-state index is 0.0875. The van der Waals surface area contributed by atoms with Crippen molar-refractivity contribution in [1.29, 1.82) is 0 Å². The summed E-state index contributed by atoms with van der Waals surface area (Å²) in [6.07, 6.45) is -3.94. The highest BCUT2D eigenvalue weighted by Crippen LogP contribution is 2.37. The molecule has 0 aromatic carbocycles. The Labute approximate surface area is 228 Å². The van der Waals surface area contributed by atoms with E-state index in [1.807, 2.05) is 0 Å². The van der Waals surface area contributed by atoms with Crippen LogP contribution in [0.1, 0.15) is 32.6 Å². The van der Waals surface area contributed by atoms with Gasteiger partial charge in [-0.1, -0.05) is 0 Å². The maximum absolute atomic E-state index is 11.6. The lowest BCUT2D eigenvalue weighted by Crippen LogP contribution is -2.67. The third kappa shape index (κ3) is 7.77. The average molecular weight is 562 g/mol. The summed E-state index contributed by atoms with van der Waals surface area (Å²) in [4.78, 5) is 4.19. The summed E-state index contributed by atoms with van der Waals surface area (Å²) >= 11 is 0. The Morgan fingerprint density at radius 3 is 2.51 bits per heavy atom. The number of hydrogen-bond donors (Lipinski definition) is 10. The summed E-state index contributed by atoms with van der Waals surface area (Å²) in [6.45, 7) is 1.66. The van der Waals surface area contributed by atoms with Crippen molar-refractivity contribution < 1.29 is 39.4 Å². The van der Waals surface area contributed by atoms with Gasteiger partial charge < -0.3 is 73.4 Å². The summed E-state index contributed by atoms with van der Waals surface area (Å²) in [7, 11) is 1.61. The molecule has 3 rings (SSSR count). The first-order valence-corrected chi connectivity index (χ1v) is 13.4. The monoisotopic (exact) mass is 561 g/mol. The number of guanidine groups is 1. The molecule has 15 nitrogen and oxygen atoms in total. The summed E-state index contributed by atoms with van der Waals surface area (Å²) in [5.74, 6) is 0.0160. The van der Waals surface area contributed by atoms with Gasteiger partial charge in [0.25, 0.3) is 0 Å². The van der Waals surface area contributed by atoms with Gasteiger partial charge in [0.1, 0.15) is 35.7 Å². The number of ether oxygens (including phenoxy) is 4. The van der Waals surface area contributed by atoms with Crippen molar-refractivity contribution in [1.82, 2.24) is 5.32 Å². The van der Waals surface area contributed by atoms with Gasteiger partial charge in [-0.25, -0.2) is 4.99 Å². The second-order valence-electron chi connectivity index (χ2n) is 10.8. The van der Waals surface area contributed by atoms with Gasteiger partial charge in [0.05, 0.1) is 31.4 Å². The van der Waals surface area contributed by atoms with Crippen molar-refractivity contribution in [3.63, 3.8) is 0 Å². The van der Waals surface area contributed by atoms with E-state index in [-0.39, 0.29) is 31.6 Å². The fourth-order valence-corrected chi connectivity index (χ4v) is 5.59. The maximum Gasteiger partial charge on any atom is 0.222 e. The van der Waals surface area contributed by atoms with E-state index in [4.69, 9.17) is 47.6 Å². The van der Waals surface area contributed by atoms with Crippen LogP contribution in [0.5, 0.6) is 0 Å². The van der Waals surface area contributed by atoms with Gasteiger partial charge in [0.15, 0.2) is 12.2 Å². The third-order valence-corrected chi connectivity index (χ3v) is 7.69. The Kier molecular flexibility index (Phi) is 11.3. The molecule has 15 N–H and O–H groups in total. The number of aliphatic imine (C=N–C) groups is 1. The van der Waals surface area contributed by atoms with Crippen LogP contribution in [0.2, 0.25) is 0 Å². The third-order valence-electron chi connectivity index (χ3n) is 7.69. The molecule has 2 heterocycles. The Morgan fingerprint density at radius 2 is 1.90 bits per heavy atom. The lowest BCUT2D eigenvalue weighted by Gasteiger charge is -2.49. The zero-order valence-corrected chi connectivity index (χ0v) is 22.6. The Balaban J connectivity index is 1.83. The van der Waals surface area contributed by atoms with Crippen molar-refractivity contribution in [3.05, 3.63) is 11.8 Å². The van der Waals surface area contributed by atoms with Crippen LogP contribution in [0, 0.1) is 5.92 Å². The largest absolute Gasteiger partial charge is 0.466 e. The zero-order chi connectivity index (χ0) is 28.9. The van der Waals surface area contributed by atoms with Gasteiger partial charge in [-0.05, 0) is 51.6 Å². The standard InChI is InChI=1S/C24H47N7O8/c1-24(35)10-36-22(17(34)20(24)30-2)38-18-11(3-4-12(32)8-25)7-14(27)19(16(18)33)39-21-15(31-23(28)29)6-5-13(9-26)37-21/h5,11-12,14-22,30,32-35H,3-4,6-10,25-27H2,1-2H3,(H4,28,29,31)/t11-,12?,14+,15-,16-,17-,18+,19?,20-,21-,22-,24+/m1/s1. The predicted octanol–water partition coefficient (Wildman–Crippen LogP) is -4.15. The topological polar surface area (TPSA) is 272 Å². The first-order valence-electron chi connectivity index (χ1n) is 13.4. The van der Waals surface area contributed by atoms with E-state index in [0.717, 1.165) is 0 Å². The average Bonchev–Trinajstić information content (AvgIpc) is 2.88. The van der Waals surface area contributed by atoms with Gasteiger partial charge in [-0.2, -0.15) is 0 Å². The summed E-state index contributed by atoms with van der Waals surface area (Å²) < 4.78 is 23.9. The molecule has 2 fully saturated rings. The van der Waals surface area contributed by atoms with Crippen LogP contribution in [0.25, 0.3) is 0 Å². The highest BCUT2D eigenvalue weighted by Gasteiger charge is 2.51. The number of nitrogens with one attached hydrogen (secondary N) is 1. The summed E-state index contributed by atoms with van der Waals surface area (Å²) in [6, 6.07) is -1.98. The molecule has 39 heavy (non-hydrogen) atoms. The number of aliphatic hydroxyl groups is 4. The molecule has 226 valence electrons. The molecular formula is C24H47N7O8. The highest BCUT2D eigenvalue weighted by atomic mass is 16.7. The minimum Gasteiger partial charge on any atom is -0.466 e. The van der Waals surface area contributed by atoms with E-state index in [2.05, 4.69) is 10.3 Å². The Morgan fingerprint density at radius 1 is 1.21 bits per heavy atom. The molecule has 3 aliphatic rings. The number of rotatable bonds is 11. The molecule has 1 saturated heterocycles. The van der Waals surface area contributed by atoms with Crippen LogP contribution in [-0.4, -0.2) is 120 Å². The minimum atomic E-state index is -1.34. The molecule has 0 radical (unpaired) electrons. The fraction of sp³-hybridized carbons (Fsp3) is 0.875. The van der Waals surface area contributed by atoms with E-state index in [9.17, 15) is 20.4 Å². The number of nitrogens with zero attached hydrogens (tertiary/aromatic N) is 1. The van der Waals surface area contributed by atoms with Crippen LogP contribution in [0.4, 0.5) is 0 Å². The normalized spacial score (nSPS) is 41.8. The molecule has 0 amide bonds. The molecule has 0 aromatic heterocycles. The molecular weight excluding hydrogens is 514 g/mol. The second kappa shape index (κ2) is 13.8. The molecule has 0 spiro atoms. The SMILES string of the molecule is CN[C@@H]1[C@@H](O)[C@@H](O[C@H]2[C@H](CCC(O)CN)C[C@H](N)C(O[C@H]3OC(CN)=CC[C@H]3N=C(N)N)[C@@H]2O)OC[C@]1(C)O. The molecule has 2 aliphatic heterocycles. The molecule has 0 bridgehead atoms. The fourth-order valence-electron chi connectivity index (χ4n) is 5.59. The van der Waals surface area contributed by atoms with Gasteiger partial charge >= 0.3 is 0 Å². The summed E-state index contributed by atoms with van der Waals surface area (Å²) in [5, 5.41) is 46.1. The molecule has 2 unspecified atom stereocenters. The smallest absolute Gasteiger partial charge is 0.222 e. The lowest BCUT2D eigenvalue weighted by atomic mass is 9.77. The Hall–Kier alpha value is -1.63. The summed E-state index contributed by atoms with van der Waals surface area (Å²) in [5.41, 5.74) is 27.7. The first-order chi connectivity index (χ1) is 18.4. The van der Waals surface area contributed by atoms with Gasteiger partial charge in [-0.15, -0.1) is 0 Å². The van der Waals surface area contributed by atoms with E-state index in [1.54, 1.807) is 20.0 Å². The Bertz CT molecular complexity index is 845. The molecule has 1 aliphatic carbocycles. The highest BCUT2D eigenvalue weighted by molar-refractivity contribution is 5.75. The van der Waals surface area contributed by atoms with E-state index < -0.39 is 66.8 Å². The van der Waals surface area contributed by atoms with Crippen LogP contribution >= 0.6 is 0 Å². The van der Waals surface area contributed by atoms with Crippen LogP contribution in [0.15, 0.2) is 16.8 Å². The second-order valence-corrected chi connectivity index (χ2v) is 10.8. The maximum atomic E-state index is 11.6. The molecule has 0 aromatic rings. The van der Waals surface area contributed by atoms with Crippen LogP contribution in [0.3, 0.4) is 0 Å². The lowest BCUT2D eigenvalue weighted by molar-refractivity contribution is -0.308. The van der Waals surface area contributed by atoms with E-state index in [1.165, 1.54) is 0 Å². The van der Waals surface area contributed by atoms with Crippen molar-refractivity contribution in [2.75, 3.05) is 26.7 Å². The van der Waals surface area contributed by atoms with E-state index in [0.29, 0.717) is 31.4 Å². The van der Waals surface area contributed by atoms with Gasteiger partial charge in [-0.3, -0.25) is 0 Å². The predicted molar refractivity (Wildman–Crippen MR) is 142 cm³/mol. The van der Waals surface area contributed by atoms with Gasteiger partial charge in [0, 0.05) is 12.6 Å². The van der Waals surface area contributed by atoms with Crippen molar-refractivity contribution in [3.8, 4) is 0 Å². The number of nitrogens with two attached hydrogens (primary N) is 5. The number of likely N-dealkylation sites (N-methyl/N-ethyl adjacent to an activating group) is 1. The van der Waals surface area contributed by atoms with Crippen molar-refractivity contribution in [2.24, 2.45) is 39.6 Å². The number of aliphatic hydroxyl groups excluding tert-OH is 3. The van der Waals surface area contributed by atoms with Crippen molar-refractivity contribution in [2.45, 2.75) is 99.4 Å². The molecule has 1 saturated carbocycles. The number of hydrogen-bond acceptors (Lipinski definition) is 13. The zero-order valence-electron chi connectivity index (χ0n) is 22.6. The van der Waals surface area contributed by atoms with Crippen molar-refractivity contribution >= 4 is 5.96 Å². The molecule has 12 atom stereocenters. The molecule has 15 heteroatoms.